The Kier molecular flexibility index (Phi) is 5.22. The van der Waals surface area contributed by atoms with Gasteiger partial charge in [0.2, 0.25) is 0 Å². The smallest absolute Gasteiger partial charge is 0.258 e. The molecule has 0 saturated heterocycles. The van der Waals surface area contributed by atoms with Crippen LogP contribution in [0.3, 0.4) is 0 Å². The van der Waals surface area contributed by atoms with Gasteiger partial charge in [0, 0.05) is 24.3 Å². The second kappa shape index (κ2) is 7.89. The van der Waals surface area contributed by atoms with E-state index < -0.39 is 0 Å². The van der Waals surface area contributed by atoms with Crippen molar-refractivity contribution in [2.45, 2.75) is 25.7 Å². The SMILES string of the molecule is C=C(CC(C)(C)c1ccc(N2C(=O)C=CC2=O)cc1)c1ccc(N2C(=O)C=CC2=O)cc1. The van der Waals surface area contributed by atoms with Crippen molar-refractivity contribution in [3.8, 4) is 0 Å². The van der Waals surface area contributed by atoms with E-state index in [4.69, 9.17) is 0 Å². The molecule has 160 valence electrons. The fourth-order valence-corrected chi connectivity index (χ4v) is 3.95. The lowest BCUT2D eigenvalue weighted by Crippen LogP contribution is -2.29. The molecule has 0 aromatic heterocycles. The third-order valence-electron chi connectivity index (χ3n) is 5.71. The van der Waals surface area contributed by atoms with Crippen LogP contribution in [0.15, 0.2) is 79.4 Å². The zero-order valence-electron chi connectivity index (χ0n) is 17.9. The summed E-state index contributed by atoms with van der Waals surface area (Å²) < 4.78 is 0. The van der Waals surface area contributed by atoms with Crippen molar-refractivity contribution in [3.05, 3.63) is 90.5 Å². The maximum absolute atomic E-state index is 11.9. The van der Waals surface area contributed by atoms with Crippen LogP contribution in [0.4, 0.5) is 11.4 Å². The van der Waals surface area contributed by atoms with Crippen molar-refractivity contribution < 1.29 is 19.2 Å². The molecule has 4 amide bonds. The van der Waals surface area contributed by atoms with Gasteiger partial charge in [0.25, 0.3) is 23.6 Å². The Hall–Kier alpha value is -4.06. The van der Waals surface area contributed by atoms with Crippen molar-refractivity contribution in [3.63, 3.8) is 0 Å². The van der Waals surface area contributed by atoms with Crippen molar-refractivity contribution in [2.75, 3.05) is 9.80 Å². The first kappa shape index (κ1) is 21.2. The van der Waals surface area contributed by atoms with Gasteiger partial charge in [-0.2, -0.15) is 0 Å². The van der Waals surface area contributed by atoms with Gasteiger partial charge in [-0.25, -0.2) is 9.80 Å². The van der Waals surface area contributed by atoms with E-state index >= 15 is 0 Å². The number of rotatable bonds is 6. The Bertz CT molecular complexity index is 1170. The number of hydrogen-bond donors (Lipinski definition) is 0. The molecule has 0 N–H and O–H groups in total. The first-order valence-corrected chi connectivity index (χ1v) is 10.2. The van der Waals surface area contributed by atoms with E-state index in [2.05, 4.69) is 20.4 Å². The number of allylic oxidation sites excluding steroid dienone is 1. The third kappa shape index (κ3) is 3.83. The summed E-state index contributed by atoms with van der Waals surface area (Å²) in [5.74, 6) is -1.38. The maximum Gasteiger partial charge on any atom is 0.258 e. The highest BCUT2D eigenvalue weighted by Crippen LogP contribution is 2.35. The predicted octanol–water partition coefficient (Wildman–Crippen LogP) is 3.93. The number of benzene rings is 2. The number of anilines is 2. The van der Waals surface area contributed by atoms with Gasteiger partial charge in [-0.1, -0.05) is 44.7 Å². The number of carbonyl (C=O) groups is 4. The largest absolute Gasteiger partial charge is 0.269 e. The molecule has 2 aromatic carbocycles. The summed E-state index contributed by atoms with van der Waals surface area (Å²) in [6.07, 6.45) is 5.71. The molecule has 0 unspecified atom stereocenters. The lowest BCUT2D eigenvalue weighted by atomic mass is 9.78. The van der Waals surface area contributed by atoms with Crippen LogP contribution in [-0.4, -0.2) is 23.6 Å². The summed E-state index contributed by atoms with van der Waals surface area (Å²) in [7, 11) is 0. The lowest BCUT2D eigenvalue weighted by molar-refractivity contribution is -0.121. The number of hydrogen-bond acceptors (Lipinski definition) is 4. The summed E-state index contributed by atoms with van der Waals surface area (Å²) >= 11 is 0. The molecule has 0 bridgehead atoms. The molecular weight excluding hydrogens is 404 g/mol. The third-order valence-corrected chi connectivity index (χ3v) is 5.71. The van der Waals surface area contributed by atoms with Gasteiger partial charge in [-0.05, 0) is 52.8 Å². The molecule has 0 atom stereocenters. The molecule has 2 aromatic rings. The van der Waals surface area contributed by atoms with Crippen molar-refractivity contribution in [2.24, 2.45) is 0 Å². The van der Waals surface area contributed by atoms with Crippen LogP contribution in [0.5, 0.6) is 0 Å². The van der Waals surface area contributed by atoms with E-state index in [1.165, 1.54) is 24.3 Å². The predicted molar refractivity (Wildman–Crippen MR) is 123 cm³/mol. The Labute approximate surface area is 186 Å². The maximum atomic E-state index is 11.9. The fourth-order valence-electron chi connectivity index (χ4n) is 3.95. The van der Waals surface area contributed by atoms with E-state index in [9.17, 15) is 19.2 Å². The minimum atomic E-state index is -0.348. The number of imide groups is 2. The van der Waals surface area contributed by atoms with Crippen LogP contribution in [0, 0.1) is 0 Å². The molecule has 0 saturated carbocycles. The van der Waals surface area contributed by atoms with E-state index in [0.29, 0.717) is 17.8 Å². The molecule has 4 rings (SSSR count). The van der Waals surface area contributed by atoms with E-state index in [1.54, 1.807) is 24.3 Å². The Balaban J connectivity index is 1.46. The summed E-state index contributed by atoms with van der Waals surface area (Å²) in [6, 6.07) is 14.6. The van der Waals surface area contributed by atoms with Gasteiger partial charge in [0.1, 0.15) is 0 Å². The van der Waals surface area contributed by atoms with Crippen molar-refractivity contribution in [1.29, 1.82) is 0 Å². The molecule has 6 heteroatoms. The average molecular weight is 426 g/mol. The van der Waals surface area contributed by atoms with Gasteiger partial charge in [0.05, 0.1) is 11.4 Å². The van der Waals surface area contributed by atoms with Crippen LogP contribution in [0.25, 0.3) is 5.57 Å². The molecule has 0 aliphatic carbocycles. The molecular formula is C26H22N2O4. The highest BCUT2D eigenvalue weighted by atomic mass is 16.2. The van der Waals surface area contributed by atoms with E-state index in [0.717, 1.165) is 26.5 Å². The molecule has 2 heterocycles. The second-order valence-electron chi connectivity index (χ2n) is 8.45. The zero-order valence-corrected chi connectivity index (χ0v) is 17.9. The second-order valence-corrected chi connectivity index (χ2v) is 8.45. The summed E-state index contributed by atoms with van der Waals surface area (Å²) in [5.41, 5.74) is 3.69. The van der Waals surface area contributed by atoms with Crippen LogP contribution < -0.4 is 9.80 Å². The van der Waals surface area contributed by atoms with Gasteiger partial charge in [-0.3, -0.25) is 19.2 Å². The monoisotopic (exact) mass is 426 g/mol. The molecule has 0 radical (unpaired) electrons. The number of amides is 4. The first-order valence-electron chi connectivity index (χ1n) is 10.2. The van der Waals surface area contributed by atoms with Crippen LogP contribution in [0.1, 0.15) is 31.4 Å². The topological polar surface area (TPSA) is 74.8 Å². The molecule has 2 aliphatic heterocycles. The minimum absolute atomic E-state index is 0.254. The van der Waals surface area contributed by atoms with Gasteiger partial charge in [-0.15, -0.1) is 0 Å². The average Bonchev–Trinajstić information content (AvgIpc) is 3.28. The van der Waals surface area contributed by atoms with Gasteiger partial charge in [0.15, 0.2) is 0 Å². The van der Waals surface area contributed by atoms with E-state index in [1.807, 2.05) is 24.3 Å². The molecule has 2 aliphatic rings. The Morgan fingerprint density at radius 2 is 1.06 bits per heavy atom. The van der Waals surface area contributed by atoms with Gasteiger partial charge < -0.3 is 0 Å². The minimum Gasteiger partial charge on any atom is -0.269 e. The summed E-state index contributed by atoms with van der Waals surface area (Å²) in [6.45, 7) is 8.43. The van der Waals surface area contributed by atoms with Gasteiger partial charge >= 0.3 is 0 Å². The summed E-state index contributed by atoms with van der Waals surface area (Å²) in [5, 5.41) is 0. The number of nitrogens with zero attached hydrogens (tertiary/aromatic N) is 2. The van der Waals surface area contributed by atoms with Crippen molar-refractivity contribution in [1.82, 2.24) is 0 Å². The molecule has 0 fully saturated rings. The fraction of sp³-hybridized carbons (Fsp3) is 0.154. The Morgan fingerprint density at radius 1 is 0.688 bits per heavy atom. The standard InChI is InChI=1S/C26H22N2O4/c1-17(18-4-8-20(9-5-18)27-22(29)12-13-23(27)30)16-26(2,3)19-6-10-21(11-7-19)28-24(31)14-15-25(28)32/h4-15H,1,16H2,2-3H3. The molecule has 0 spiro atoms. The first-order chi connectivity index (χ1) is 15.2. The highest BCUT2D eigenvalue weighted by molar-refractivity contribution is 6.28. The molecule has 6 nitrogen and oxygen atoms in total. The van der Waals surface area contributed by atoms with Crippen LogP contribution in [0.2, 0.25) is 0 Å². The highest BCUT2D eigenvalue weighted by Gasteiger charge is 2.28. The number of carbonyl (C=O) groups excluding carboxylic acids is 4. The Morgan fingerprint density at radius 3 is 1.47 bits per heavy atom. The zero-order chi connectivity index (χ0) is 23.0. The van der Waals surface area contributed by atoms with Crippen LogP contribution in [-0.2, 0) is 24.6 Å². The van der Waals surface area contributed by atoms with E-state index in [-0.39, 0.29) is 29.0 Å². The molecule has 32 heavy (non-hydrogen) atoms. The van der Waals surface area contributed by atoms with Crippen LogP contribution >= 0.6 is 0 Å². The van der Waals surface area contributed by atoms with Crippen molar-refractivity contribution >= 4 is 40.6 Å². The summed E-state index contributed by atoms with van der Waals surface area (Å²) in [4.78, 5) is 49.7. The normalized spacial score (nSPS) is 15.9. The quantitative estimate of drug-likeness (QED) is 0.656. The lowest BCUT2D eigenvalue weighted by Gasteiger charge is -2.27.